The summed E-state index contributed by atoms with van der Waals surface area (Å²) in [6.45, 7) is 5.59. The van der Waals surface area contributed by atoms with Crippen molar-refractivity contribution < 1.29 is 4.74 Å². The minimum absolute atomic E-state index is 0. The van der Waals surface area contributed by atoms with E-state index in [1.807, 2.05) is 24.3 Å². The van der Waals surface area contributed by atoms with E-state index in [0.29, 0.717) is 19.2 Å². The van der Waals surface area contributed by atoms with Gasteiger partial charge in [-0.15, -0.1) is 24.0 Å². The maximum absolute atomic E-state index is 5.62. The third kappa shape index (κ3) is 7.94. The normalized spacial score (nSPS) is 12.3. The van der Waals surface area contributed by atoms with E-state index in [1.165, 1.54) is 0 Å². The highest BCUT2D eigenvalue weighted by Crippen LogP contribution is 2.15. The summed E-state index contributed by atoms with van der Waals surface area (Å²) in [6, 6.07) is 8.23. The highest BCUT2D eigenvalue weighted by Gasteiger charge is 2.01. The molecule has 0 amide bonds. The summed E-state index contributed by atoms with van der Waals surface area (Å²) in [4.78, 5) is 4.16. The van der Waals surface area contributed by atoms with Crippen LogP contribution in [0.4, 0.5) is 0 Å². The number of benzene rings is 1. The van der Waals surface area contributed by atoms with Crippen molar-refractivity contribution in [3.05, 3.63) is 28.7 Å². The number of nitrogens with zero attached hydrogens (tertiary/aromatic N) is 1. The zero-order valence-corrected chi connectivity index (χ0v) is 16.1. The lowest BCUT2D eigenvalue weighted by molar-refractivity contribution is 0.321. The first-order valence-electron chi connectivity index (χ1n) is 6.51. The molecule has 0 aliphatic rings. The van der Waals surface area contributed by atoms with Crippen LogP contribution in [0.15, 0.2) is 33.7 Å². The molecule has 0 aliphatic heterocycles. The van der Waals surface area contributed by atoms with Gasteiger partial charge >= 0.3 is 0 Å². The molecule has 0 spiro atoms. The minimum atomic E-state index is 0. The number of ether oxygens (including phenoxy) is 1. The molecule has 1 atom stereocenters. The van der Waals surface area contributed by atoms with Crippen LogP contribution in [0.2, 0.25) is 0 Å². The molecule has 20 heavy (non-hydrogen) atoms. The van der Waals surface area contributed by atoms with Crippen molar-refractivity contribution in [1.82, 2.24) is 10.6 Å². The van der Waals surface area contributed by atoms with Crippen LogP contribution in [-0.4, -0.2) is 32.2 Å². The molecular formula is C14H23BrIN3O. The fraction of sp³-hybridized carbons (Fsp3) is 0.500. The number of guanidine groups is 1. The van der Waals surface area contributed by atoms with Crippen molar-refractivity contribution in [1.29, 1.82) is 0 Å². The first-order valence-corrected chi connectivity index (χ1v) is 7.30. The third-order valence-electron chi connectivity index (χ3n) is 2.70. The first-order chi connectivity index (χ1) is 9.15. The van der Waals surface area contributed by atoms with E-state index in [9.17, 15) is 0 Å². The Morgan fingerprint density at radius 3 is 2.55 bits per heavy atom. The molecule has 0 aliphatic carbocycles. The van der Waals surface area contributed by atoms with Crippen LogP contribution in [-0.2, 0) is 0 Å². The van der Waals surface area contributed by atoms with Crippen molar-refractivity contribution >= 4 is 45.9 Å². The summed E-state index contributed by atoms with van der Waals surface area (Å²) >= 11 is 3.39. The van der Waals surface area contributed by atoms with Gasteiger partial charge in [-0.05, 0) is 37.6 Å². The quantitative estimate of drug-likeness (QED) is 0.299. The molecule has 0 heterocycles. The van der Waals surface area contributed by atoms with Crippen molar-refractivity contribution in [3.8, 4) is 5.75 Å². The highest BCUT2D eigenvalue weighted by atomic mass is 127. The number of halogens is 2. The topological polar surface area (TPSA) is 45.7 Å². The lowest BCUT2D eigenvalue weighted by atomic mass is 10.3. The van der Waals surface area contributed by atoms with Gasteiger partial charge in [0.1, 0.15) is 12.4 Å². The highest BCUT2D eigenvalue weighted by molar-refractivity contribution is 14.0. The van der Waals surface area contributed by atoms with E-state index >= 15 is 0 Å². The van der Waals surface area contributed by atoms with Gasteiger partial charge in [-0.3, -0.25) is 4.99 Å². The maximum atomic E-state index is 5.62. The van der Waals surface area contributed by atoms with Crippen molar-refractivity contribution in [3.63, 3.8) is 0 Å². The molecule has 0 fully saturated rings. The molecule has 2 N–H and O–H groups in total. The lowest BCUT2D eigenvalue weighted by Gasteiger charge is -2.16. The molecule has 6 heteroatoms. The second-order valence-corrected chi connectivity index (χ2v) is 5.17. The zero-order valence-electron chi connectivity index (χ0n) is 12.1. The summed E-state index contributed by atoms with van der Waals surface area (Å²) in [5.74, 6) is 1.68. The van der Waals surface area contributed by atoms with Gasteiger partial charge in [0.05, 0.1) is 6.54 Å². The zero-order chi connectivity index (χ0) is 14.1. The van der Waals surface area contributed by atoms with Gasteiger partial charge in [0, 0.05) is 17.6 Å². The minimum Gasteiger partial charge on any atom is -0.492 e. The van der Waals surface area contributed by atoms with Crippen LogP contribution in [0.25, 0.3) is 0 Å². The van der Waals surface area contributed by atoms with Gasteiger partial charge in [0.2, 0.25) is 0 Å². The van der Waals surface area contributed by atoms with Crippen LogP contribution in [0.3, 0.4) is 0 Å². The molecule has 4 nitrogen and oxygen atoms in total. The van der Waals surface area contributed by atoms with E-state index in [1.54, 1.807) is 7.05 Å². The molecule has 0 bridgehead atoms. The van der Waals surface area contributed by atoms with Crippen LogP contribution in [0.1, 0.15) is 20.3 Å². The average Bonchev–Trinajstić information content (AvgIpc) is 2.43. The molecular weight excluding hydrogens is 433 g/mol. The number of hydrogen-bond donors (Lipinski definition) is 2. The Hall–Kier alpha value is -0.500. The smallest absolute Gasteiger partial charge is 0.191 e. The van der Waals surface area contributed by atoms with Crippen molar-refractivity contribution in [2.75, 3.05) is 20.2 Å². The van der Waals surface area contributed by atoms with E-state index in [0.717, 1.165) is 22.6 Å². The average molecular weight is 456 g/mol. The Morgan fingerprint density at radius 2 is 2.00 bits per heavy atom. The van der Waals surface area contributed by atoms with Gasteiger partial charge in [0.25, 0.3) is 0 Å². The lowest BCUT2D eigenvalue weighted by Crippen LogP contribution is -2.43. The SMILES string of the molecule is CCC(C)NC(=NC)NCCOc1ccc(Br)cc1.I. The van der Waals surface area contributed by atoms with E-state index in [-0.39, 0.29) is 24.0 Å². The van der Waals surface area contributed by atoms with Crippen LogP contribution in [0, 0.1) is 0 Å². The van der Waals surface area contributed by atoms with Gasteiger partial charge in [0.15, 0.2) is 5.96 Å². The fourth-order valence-corrected chi connectivity index (χ4v) is 1.66. The number of aliphatic imine (C=N–C) groups is 1. The first kappa shape index (κ1) is 19.5. The Bertz CT molecular complexity index is 398. The van der Waals surface area contributed by atoms with Gasteiger partial charge in [-0.1, -0.05) is 22.9 Å². The van der Waals surface area contributed by atoms with Gasteiger partial charge in [-0.25, -0.2) is 0 Å². The van der Waals surface area contributed by atoms with Crippen LogP contribution in [0.5, 0.6) is 5.75 Å². The molecule has 1 aromatic carbocycles. The predicted octanol–water partition coefficient (Wildman–Crippen LogP) is 3.41. The number of nitrogens with one attached hydrogen (secondary N) is 2. The molecule has 0 radical (unpaired) electrons. The summed E-state index contributed by atoms with van der Waals surface area (Å²) in [7, 11) is 1.77. The van der Waals surface area contributed by atoms with Gasteiger partial charge < -0.3 is 15.4 Å². The monoisotopic (exact) mass is 455 g/mol. The number of rotatable bonds is 6. The van der Waals surface area contributed by atoms with Crippen molar-refractivity contribution in [2.45, 2.75) is 26.3 Å². The molecule has 0 saturated heterocycles. The molecule has 1 aromatic rings. The third-order valence-corrected chi connectivity index (χ3v) is 3.22. The number of hydrogen-bond acceptors (Lipinski definition) is 2. The fourth-order valence-electron chi connectivity index (χ4n) is 1.40. The Balaban J connectivity index is 0.00000361. The molecule has 0 aromatic heterocycles. The summed E-state index contributed by atoms with van der Waals surface area (Å²) < 4.78 is 6.67. The standard InChI is InChI=1S/C14H22BrN3O.HI/c1-4-11(2)18-14(16-3)17-9-10-19-13-7-5-12(15)6-8-13;/h5-8,11H,4,9-10H2,1-3H3,(H2,16,17,18);1H. The van der Waals surface area contributed by atoms with Crippen LogP contribution >= 0.6 is 39.9 Å². The van der Waals surface area contributed by atoms with Crippen LogP contribution < -0.4 is 15.4 Å². The molecule has 1 rings (SSSR count). The van der Waals surface area contributed by atoms with E-state index < -0.39 is 0 Å². The molecule has 0 saturated carbocycles. The van der Waals surface area contributed by atoms with Crippen molar-refractivity contribution in [2.24, 2.45) is 4.99 Å². The Labute approximate surface area is 146 Å². The molecule has 1 unspecified atom stereocenters. The van der Waals surface area contributed by atoms with E-state index in [2.05, 4.69) is 45.4 Å². The summed E-state index contributed by atoms with van der Waals surface area (Å²) in [6.07, 6.45) is 1.07. The summed E-state index contributed by atoms with van der Waals surface area (Å²) in [5.41, 5.74) is 0. The maximum Gasteiger partial charge on any atom is 0.191 e. The predicted molar refractivity (Wildman–Crippen MR) is 99.3 cm³/mol. The summed E-state index contributed by atoms with van der Waals surface area (Å²) in [5, 5.41) is 6.52. The largest absolute Gasteiger partial charge is 0.492 e. The van der Waals surface area contributed by atoms with Gasteiger partial charge in [-0.2, -0.15) is 0 Å². The second kappa shape index (κ2) is 11.2. The Kier molecular flexibility index (Phi) is 10.9. The second-order valence-electron chi connectivity index (χ2n) is 4.26. The Morgan fingerprint density at radius 1 is 1.35 bits per heavy atom. The van der Waals surface area contributed by atoms with E-state index in [4.69, 9.17) is 4.74 Å². The molecule has 114 valence electrons.